The molecule has 2 aliphatic rings. The Kier molecular flexibility index (Phi) is 2.33. The molecule has 0 radical (unpaired) electrons. The number of hydrogen-bond donors (Lipinski definition) is 0. The Bertz CT molecular complexity index is 264. The van der Waals surface area contributed by atoms with Crippen molar-refractivity contribution in [3.63, 3.8) is 0 Å². The van der Waals surface area contributed by atoms with Crippen molar-refractivity contribution in [1.29, 1.82) is 0 Å². The second-order valence-electron chi connectivity index (χ2n) is 4.46. The van der Waals surface area contributed by atoms with Gasteiger partial charge in [-0.15, -0.1) is 0 Å². The van der Waals surface area contributed by atoms with Gasteiger partial charge in [-0.25, -0.2) is 0 Å². The molecule has 3 nitrogen and oxygen atoms in total. The van der Waals surface area contributed by atoms with Crippen LogP contribution in [-0.2, 0) is 14.3 Å². The zero-order valence-electron chi connectivity index (χ0n) is 8.54. The molecule has 1 aliphatic heterocycles. The quantitative estimate of drug-likeness (QED) is 0.438. The molecule has 0 aromatic carbocycles. The first-order valence-electron chi connectivity index (χ1n) is 5.39. The van der Waals surface area contributed by atoms with E-state index in [9.17, 15) is 9.59 Å². The van der Waals surface area contributed by atoms with Crippen molar-refractivity contribution in [2.75, 3.05) is 0 Å². The number of esters is 1. The second kappa shape index (κ2) is 3.37. The first-order chi connectivity index (χ1) is 6.64. The van der Waals surface area contributed by atoms with Gasteiger partial charge < -0.3 is 4.74 Å². The smallest absolute Gasteiger partial charge is 0.313 e. The van der Waals surface area contributed by atoms with E-state index in [0.29, 0.717) is 0 Å². The van der Waals surface area contributed by atoms with Gasteiger partial charge in [0.25, 0.3) is 0 Å². The summed E-state index contributed by atoms with van der Waals surface area (Å²) in [4.78, 5) is 22.8. The van der Waals surface area contributed by atoms with E-state index >= 15 is 0 Å². The molecule has 1 aliphatic carbocycles. The molecular formula is C11H16O3. The summed E-state index contributed by atoms with van der Waals surface area (Å²) >= 11 is 0. The van der Waals surface area contributed by atoms with Crippen LogP contribution in [0.5, 0.6) is 0 Å². The van der Waals surface area contributed by atoms with Crippen molar-refractivity contribution in [2.45, 2.75) is 51.0 Å². The van der Waals surface area contributed by atoms with Crippen LogP contribution in [0.2, 0.25) is 0 Å². The fraction of sp³-hybridized carbons (Fsp3) is 0.818. The fourth-order valence-corrected chi connectivity index (χ4v) is 2.63. The van der Waals surface area contributed by atoms with Crippen molar-refractivity contribution in [2.24, 2.45) is 5.92 Å². The lowest BCUT2D eigenvalue weighted by atomic mass is 9.72. The Morgan fingerprint density at radius 2 is 1.86 bits per heavy atom. The minimum Gasteiger partial charge on any atom is -0.458 e. The first kappa shape index (κ1) is 9.69. The molecule has 1 saturated heterocycles. The number of hydrogen-bond acceptors (Lipinski definition) is 3. The highest BCUT2D eigenvalue weighted by atomic mass is 16.6. The molecule has 0 aromatic rings. The molecule has 1 unspecified atom stereocenters. The number of rotatable bonds is 0. The zero-order valence-corrected chi connectivity index (χ0v) is 8.54. The van der Waals surface area contributed by atoms with E-state index in [-0.39, 0.29) is 24.1 Å². The highest BCUT2D eigenvalue weighted by Gasteiger charge is 2.47. The van der Waals surface area contributed by atoms with Crippen LogP contribution in [0.15, 0.2) is 0 Å². The molecular weight excluding hydrogens is 180 g/mol. The predicted molar refractivity (Wildman–Crippen MR) is 50.7 cm³/mol. The molecule has 0 N–H and O–H groups in total. The van der Waals surface area contributed by atoms with Crippen LogP contribution in [0.1, 0.15) is 45.4 Å². The zero-order chi connectivity index (χ0) is 10.2. The van der Waals surface area contributed by atoms with Gasteiger partial charge in [0, 0.05) is 0 Å². The van der Waals surface area contributed by atoms with E-state index in [1.807, 2.05) is 6.92 Å². The van der Waals surface area contributed by atoms with Gasteiger partial charge in [0.2, 0.25) is 0 Å². The van der Waals surface area contributed by atoms with Crippen LogP contribution in [0, 0.1) is 5.92 Å². The van der Waals surface area contributed by atoms with Gasteiger partial charge >= 0.3 is 5.97 Å². The minimum absolute atomic E-state index is 0.0249. The van der Waals surface area contributed by atoms with E-state index in [2.05, 4.69) is 0 Å². The van der Waals surface area contributed by atoms with Gasteiger partial charge in [0.1, 0.15) is 12.0 Å². The molecule has 0 aromatic heterocycles. The third-order valence-corrected chi connectivity index (χ3v) is 3.61. The summed E-state index contributed by atoms with van der Waals surface area (Å²) in [5, 5.41) is 0. The van der Waals surface area contributed by atoms with E-state index in [4.69, 9.17) is 4.74 Å². The van der Waals surface area contributed by atoms with Gasteiger partial charge in [0.15, 0.2) is 5.78 Å². The Morgan fingerprint density at radius 1 is 1.21 bits per heavy atom. The van der Waals surface area contributed by atoms with Crippen LogP contribution < -0.4 is 0 Å². The molecule has 0 amide bonds. The molecule has 1 spiro atoms. The highest BCUT2D eigenvalue weighted by Crippen LogP contribution is 2.41. The Labute approximate surface area is 83.8 Å². The Balaban J connectivity index is 2.21. The Morgan fingerprint density at radius 3 is 2.50 bits per heavy atom. The van der Waals surface area contributed by atoms with Gasteiger partial charge in [-0.05, 0) is 25.7 Å². The van der Waals surface area contributed by atoms with Gasteiger partial charge in [0.05, 0.1) is 5.92 Å². The first-order valence-corrected chi connectivity index (χ1v) is 5.39. The molecule has 2 rings (SSSR count). The molecule has 0 bridgehead atoms. The lowest BCUT2D eigenvalue weighted by Gasteiger charge is -2.43. The molecule has 78 valence electrons. The number of carbonyl (C=O) groups is 2. The third kappa shape index (κ3) is 1.45. The summed E-state index contributed by atoms with van der Waals surface area (Å²) in [7, 11) is 0. The van der Waals surface area contributed by atoms with Crippen molar-refractivity contribution < 1.29 is 14.3 Å². The highest BCUT2D eigenvalue weighted by molar-refractivity contribution is 5.99. The van der Waals surface area contributed by atoms with E-state index in [0.717, 1.165) is 25.7 Å². The SMILES string of the molecule is CC1C(=O)CC(=O)OC12CCCCC2. The molecule has 1 saturated carbocycles. The lowest BCUT2D eigenvalue weighted by Crippen LogP contribution is -2.50. The summed E-state index contributed by atoms with van der Waals surface area (Å²) in [6, 6.07) is 0. The predicted octanol–water partition coefficient (Wildman–Crippen LogP) is 1.84. The standard InChI is InChI=1S/C11H16O3/c1-8-9(12)7-10(13)14-11(8)5-3-2-4-6-11/h8H,2-7H2,1H3. The van der Waals surface area contributed by atoms with E-state index in [1.54, 1.807) is 0 Å². The maximum Gasteiger partial charge on any atom is 0.313 e. The fourth-order valence-electron chi connectivity index (χ4n) is 2.63. The topological polar surface area (TPSA) is 43.4 Å². The molecule has 14 heavy (non-hydrogen) atoms. The van der Waals surface area contributed by atoms with Crippen molar-refractivity contribution in [1.82, 2.24) is 0 Å². The van der Waals surface area contributed by atoms with Crippen LogP contribution in [0.3, 0.4) is 0 Å². The van der Waals surface area contributed by atoms with Crippen LogP contribution in [-0.4, -0.2) is 17.4 Å². The largest absolute Gasteiger partial charge is 0.458 e. The van der Waals surface area contributed by atoms with Crippen LogP contribution >= 0.6 is 0 Å². The lowest BCUT2D eigenvalue weighted by molar-refractivity contribution is -0.182. The van der Waals surface area contributed by atoms with Crippen molar-refractivity contribution in [3.8, 4) is 0 Å². The third-order valence-electron chi connectivity index (χ3n) is 3.61. The number of Topliss-reactive ketones (excluding diaryl/α,β-unsaturated/α-hetero) is 1. The van der Waals surface area contributed by atoms with Gasteiger partial charge in [-0.3, -0.25) is 9.59 Å². The molecule has 3 heteroatoms. The summed E-state index contributed by atoms with van der Waals surface area (Å²) in [5.41, 5.74) is -0.440. The average molecular weight is 196 g/mol. The van der Waals surface area contributed by atoms with E-state index in [1.165, 1.54) is 6.42 Å². The normalized spacial score (nSPS) is 31.6. The van der Waals surface area contributed by atoms with Gasteiger partial charge in [-0.1, -0.05) is 13.3 Å². The summed E-state index contributed by atoms with van der Waals surface area (Å²) in [6.07, 6.45) is 5.05. The number of carbonyl (C=O) groups excluding carboxylic acids is 2. The maximum atomic E-state index is 11.6. The number of ether oxygens (including phenoxy) is 1. The summed E-state index contributed by atoms with van der Waals surface area (Å²) in [5.74, 6) is -0.362. The monoisotopic (exact) mass is 196 g/mol. The van der Waals surface area contributed by atoms with Crippen molar-refractivity contribution in [3.05, 3.63) is 0 Å². The van der Waals surface area contributed by atoms with E-state index < -0.39 is 5.60 Å². The van der Waals surface area contributed by atoms with Crippen molar-refractivity contribution >= 4 is 11.8 Å². The molecule has 1 heterocycles. The maximum absolute atomic E-state index is 11.6. The summed E-state index contributed by atoms with van der Waals surface area (Å²) in [6.45, 7) is 1.90. The minimum atomic E-state index is -0.440. The summed E-state index contributed by atoms with van der Waals surface area (Å²) < 4.78 is 5.44. The van der Waals surface area contributed by atoms with Crippen LogP contribution in [0.4, 0.5) is 0 Å². The number of ketones is 1. The average Bonchev–Trinajstić information content (AvgIpc) is 2.15. The molecule has 2 fully saturated rings. The Hall–Kier alpha value is -0.860. The van der Waals surface area contributed by atoms with Crippen LogP contribution in [0.25, 0.3) is 0 Å². The van der Waals surface area contributed by atoms with Gasteiger partial charge in [-0.2, -0.15) is 0 Å². The second-order valence-corrected chi connectivity index (χ2v) is 4.46. The molecule has 1 atom stereocenters.